The zero-order valence-electron chi connectivity index (χ0n) is 9.07. The Labute approximate surface area is 88.2 Å². The molecule has 2 aromatic rings. The van der Waals surface area contributed by atoms with Crippen LogP contribution >= 0.6 is 0 Å². The first-order valence-corrected chi connectivity index (χ1v) is 4.64. The molecular formula is C11H14N2O2. The molecule has 4 heteroatoms. The van der Waals surface area contributed by atoms with Crippen molar-refractivity contribution in [2.45, 2.75) is 0 Å². The molecule has 0 aliphatic carbocycles. The van der Waals surface area contributed by atoms with E-state index >= 15 is 0 Å². The summed E-state index contributed by atoms with van der Waals surface area (Å²) >= 11 is 0. The molecule has 1 aromatic heterocycles. The molecule has 0 radical (unpaired) electrons. The number of hydrogen-bond acceptors (Lipinski definition) is 3. The van der Waals surface area contributed by atoms with Gasteiger partial charge in [0.1, 0.15) is 11.5 Å². The predicted molar refractivity (Wildman–Crippen MR) is 60.4 cm³/mol. The first-order valence-electron chi connectivity index (χ1n) is 4.64. The number of methoxy groups -OCH3 is 2. The summed E-state index contributed by atoms with van der Waals surface area (Å²) in [6, 6.07) is 3.73. The molecule has 1 heterocycles. The standard InChI is InChI=1S/C11H14N2O2/c1-13-6-7(12)10-8(14-2)4-5-9(15-3)11(10)13/h4-6H,12H2,1-3H3. The molecule has 0 unspecified atom stereocenters. The Balaban J connectivity index is 2.89. The average Bonchev–Trinajstić information content (AvgIpc) is 2.54. The number of nitrogens with zero attached hydrogens (tertiary/aromatic N) is 1. The van der Waals surface area contributed by atoms with E-state index in [-0.39, 0.29) is 0 Å². The average molecular weight is 206 g/mol. The Bertz CT molecular complexity index is 459. The highest BCUT2D eigenvalue weighted by atomic mass is 16.5. The Morgan fingerprint density at radius 2 is 1.73 bits per heavy atom. The Morgan fingerprint density at radius 3 is 2.33 bits per heavy atom. The van der Waals surface area contributed by atoms with Gasteiger partial charge >= 0.3 is 0 Å². The van der Waals surface area contributed by atoms with Crippen molar-refractivity contribution in [2.24, 2.45) is 7.05 Å². The van der Waals surface area contributed by atoms with Gasteiger partial charge in [0.2, 0.25) is 0 Å². The van der Waals surface area contributed by atoms with Gasteiger partial charge in [-0.15, -0.1) is 0 Å². The van der Waals surface area contributed by atoms with Gasteiger partial charge in [0, 0.05) is 13.2 Å². The van der Waals surface area contributed by atoms with Crippen LogP contribution in [0, 0.1) is 0 Å². The number of ether oxygens (including phenoxy) is 2. The fourth-order valence-electron chi connectivity index (χ4n) is 1.86. The summed E-state index contributed by atoms with van der Waals surface area (Å²) in [7, 11) is 5.21. The summed E-state index contributed by atoms with van der Waals surface area (Å²) in [5.41, 5.74) is 7.57. The van der Waals surface area contributed by atoms with Gasteiger partial charge in [-0.1, -0.05) is 0 Å². The molecule has 2 rings (SSSR count). The molecule has 0 aliphatic rings. The van der Waals surface area contributed by atoms with Gasteiger partial charge in [-0.3, -0.25) is 0 Å². The molecule has 0 saturated carbocycles. The number of nitrogen functional groups attached to an aromatic ring is 1. The molecule has 0 atom stereocenters. The van der Waals surface area contributed by atoms with Gasteiger partial charge in [0.15, 0.2) is 0 Å². The first-order chi connectivity index (χ1) is 7.19. The summed E-state index contributed by atoms with van der Waals surface area (Å²) < 4.78 is 12.5. The normalized spacial score (nSPS) is 10.6. The van der Waals surface area contributed by atoms with Crippen LogP contribution in [0.25, 0.3) is 10.9 Å². The van der Waals surface area contributed by atoms with E-state index < -0.39 is 0 Å². The van der Waals surface area contributed by atoms with E-state index in [0.29, 0.717) is 5.69 Å². The predicted octanol–water partition coefficient (Wildman–Crippen LogP) is 1.78. The molecule has 0 saturated heterocycles. The van der Waals surface area contributed by atoms with Crippen molar-refractivity contribution in [1.29, 1.82) is 0 Å². The number of fused-ring (bicyclic) bond motifs is 1. The largest absolute Gasteiger partial charge is 0.496 e. The second kappa shape index (κ2) is 3.38. The van der Waals surface area contributed by atoms with Crippen LogP contribution in [0.15, 0.2) is 18.3 Å². The third-order valence-electron chi connectivity index (χ3n) is 2.52. The van der Waals surface area contributed by atoms with Crippen molar-refractivity contribution < 1.29 is 9.47 Å². The first kappa shape index (κ1) is 9.71. The van der Waals surface area contributed by atoms with Crippen molar-refractivity contribution in [3.05, 3.63) is 18.3 Å². The number of nitrogens with two attached hydrogens (primary N) is 1. The van der Waals surface area contributed by atoms with Crippen LogP contribution in [-0.2, 0) is 7.05 Å². The van der Waals surface area contributed by atoms with Gasteiger partial charge in [0.05, 0.1) is 30.8 Å². The molecule has 15 heavy (non-hydrogen) atoms. The minimum atomic E-state index is 0.697. The fourth-order valence-corrected chi connectivity index (χ4v) is 1.86. The third-order valence-corrected chi connectivity index (χ3v) is 2.52. The van der Waals surface area contributed by atoms with E-state index in [1.807, 2.05) is 29.9 Å². The van der Waals surface area contributed by atoms with Crippen molar-refractivity contribution in [3.63, 3.8) is 0 Å². The smallest absolute Gasteiger partial charge is 0.143 e. The van der Waals surface area contributed by atoms with Crippen LogP contribution in [-0.4, -0.2) is 18.8 Å². The second-order valence-corrected chi connectivity index (χ2v) is 3.39. The summed E-state index contributed by atoms with van der Waals surface area (Å²) in [5.74, 6) is 1.56. The Hall–Kier alpha value is -1.84. The number of benzene rings is 1. The molecule has 0 amide bonds. The molecule has 0 bridgehead atoms. The summed E-state index contributed by atoms with van der Waals surface area (Å²) in [4.78, 5) is 0. The van der Waals surface area contributed by atoms with Gasteiger partial charge < -0.3 is 19.8 Å². The van der Waals surface area contributed by atoms with Crippen LogP contribution in [0.1, 0.15) is 0 Å². The van der Waals surface area contributed by atoms with Crippen molar-refractivity contribution in [2.75, 3.05) is 20.0 Å². The Kier molecular flexibility index (Phi) is 2.19. The lowest BCUT2D eigenvalue weighted by atomic mass is 10.2. The minimum absolute atomic E-state index is 0.697. The second-order valence-electron chi connectivity index (χ2n) is 3.39. The van der Waals surface area contributed by atoms with Crippen LogP contribution in [0.4, 0.5) is 5.69 Å². The highest BCUT2D eigenvalue weighted by molar-refractivity contribution is 6.00. The topological polar surface area (TPSA) is 49.4 Å². The molecule has 80 valence electrons. The van der Waals surface area contributed by atoms with E-state index in [4.69, 9.17) is 15.2 Å². The number of anilines is 1. The van der Waals surface area contributed by atoms with Crippen LogP contribution in [0.5, 0.6) is 11.5 Å². The number of hydrogen-bond donors (Lipinski definition) is 1. The molecule has 0 fully saturated rings. The quantitative estimate of drug-likeness (QED) is 0.814. The van der Waals surface area contributed by atoms with Gasteiger partial charge in [-0.2, -0.15) is 0 Å². The summed E-state index contributed by atoms with van der Waals surface area (Å²) in [6.07, 6.45) is 1.86. The van der Waals surface area contributed by atoms with Crippen LogP contribution in [0.2, 0.25) is 0 Å². The maximum atomic E-state index is 5.92. The van der Waals surface area contributed by atoms with Gasteiger partial charge in [-0.05, 0) is 12.1 Å². The maximum Gasteiger partial charge on any atom is 0.143 e. The van der Waals surface area contributed by atoms with E-state index in [9.17, 15) is 0 Å². The number of aryl methyl sites for hydroxylation is 1. The lowest BCUT2D eigenvalue weighted by Crippen LogP contribution is -1.92. The van der Waals surface area contributed by atoms with Crippen molar-refractivity contribution in [1.82, 2.24) is 4.57 Å². The lowest BCUT2D eigenvalue weighted by molar-refractivity contribution is 0.409. The van der Waals surface area contributed by atoms with E-state index in [2.05, 4.69) is 0 Å². The number of aromatic nitrogens is 1. The Morgan fingerprint density at radius 1 is 1.13 bits per heavy atom. The van der Waals surface area contributed by atoms with Crippen molar-refractivity contribution in [3.8, 4) is 11.5 Å². The highest BCUT2D eigenvalue weighted by Gasteiger charge is 2.13. The minimum Gasteiger partial charge on any atom is -0.496 e. The maximum absolute atomic E-state index is 5.92. The molecule has 2 N–H and O–H groups in total. The zero-order chi connectivity index (χ0) is 11.0. The zero-order valence-corrected chi connectivity index (χ0v) is 9.07. The summed E-state index contributed by atoms with van der Waals surface area (Å²) in [5, 5.41) is 0.902. The van der Waals surface area contributed by atoms with E-state index in [1.54, 1.807) is 14.2 Å². The molecule has 1 aromatic carbocycles. The van der Waals surface area contributed by atoms with Crippen LogP contribution < -0.4 is 15.2 Å². The lowest BCUT2D eigenvalue weighted by Gasteiger charge is -2.08. The molecular weight excluding hydrogens is 192 g/mol. The fraction of sp³-hybridized carbons (Fsp3) is 0.273. The number of rotatable bonds is 2. The third kappa shape index (κ3) is 1.29. The van der Waals surface area contributed by atoms with E-state index in [1.165, 1.54) is 0 Å². The molecule has 0 aliphatic heterocycles. The highest BCUT2D eigenvalue weighted by Crippen LogP contribution is 2.37. The van der Waals surface area contributed by atoms with Gasteiger partial charge in [-0.25, -0.2) is 0 Å². The SMILES string of the molecule is COc1ccc(OC)c2c1c(N)cn2C. The monoisotopic (exact) mass is 206 g/mol. The molecule has 4 nitrogen and oxygen atoms in total. The van der Waals surface area contributed by atoms with E-state index in [0.717, 1.165) is 22.4 Å². The molecule has 0 spiro atoms. The van der Waals surface area contributed by atoms with Crippen molar-refractivity contribution >= 4 is 16.6 Å². The van der Waals surface area contributed by atoms with Crippen LogP contribution in [0.3, 0.4) is 0 Å². The summed E-state index contributed by atoms with van der Waals surface area (Å²) in [6.45, 7) is 0. The van der Waals surface area contributed by atoms with Gasteiger partial charge in [0.25, 0.3) is 0 Å².